The van der Waals surface area contributed by atoms with Crippen molar-refractivity contribution in [3.63, 3.8) is 0 Å². The van der Waals surface area contributed by atoms with Crippen molar-refractivity contribution >= 4 is 11.4 Å². The summed E-state index contributed by atoms with van der Waals surface area (Å²) < 4.78 is 13.3. The summed E-state index contributed by atoms with van der Waals surface area (Å²) in [6.45, 7) is 4.15. The van der Waals surface area contributed by atoms with Crippen molar-refractivity contribution in [2.24, 2.45) is 0 Å². The van der Waals surface area contributed by atoms with Crippen LogP contribution >= 0.6 is 0 Å². The van der Waals surface area contributed by atoms with E-state index in [1.807, 2.05) is 0 Å². The van der Waals surface area contributed by atoms with Gasteiger partial charge in [-0.1, -0.05) is 13.8 Å². The molecule has 0 aromatic heterocycles. The standard InChI is InChI=1S/C11H17FN2/c1-3-9(4-2)14-11-7-8(13)5-6-10(11)12/h5-7,9,14H,3-4,13H2,1-2H3. The average molecular weight is 196 g/mol. The number of halogens is 1. The minimum atomic E-state index is -0.244. The van der Waals surface area contributed by atoms with E-state index in [0.29, 0.717) is 17.4 Å². The Bertz CT molecular complexity index is 295. The van der Waals surface area contributed by atoms with Crippen LogP contribution in [0.1, 0.15) is 26.7 Å². The summed E-state index contributed by atoms with van der Waals surface area (Å²) in [5.41, 5.74) is 6.66. The zero-order valence-electron chi connectivity index (χ0n) is 8.68. The van der Waals surface area contributed by atoms with Gasteiger partial charge in [-0.3, -0.25) is 0 Å². The van der Waals surface area contributed by atoms with Crippen molar-refractivity contribution in [3.8, 4) is 0 Å². The molecule has 0 atom stereocenters. The summed E-state index contributed by atoms with van der Waals surface area (Å²) in [6, 6.07) is 4.90. The second-order valence-electron chi connectivity index (χ2n) is 3.40. The summed E-state index contributed by atoms with van der Waals surface area (Å²) in [5.74, 6) is -0.244. The zero-order chi connectivity index (χ0) is 10.6. The van der Waals surface area contributed by atoms with Crippen molar-refractivity contribution < 1.29 is 4.39 Å². The topological polar surface area (TPSA) is 38.0 Å². The Morgan fingerprint density at radius 1 is 1.36 bits per heavy atom. The molecule has 0 spiro atoms. The van der Waals surface area contributed by atoms with E-state index in [-0.39, 0.29) is 5.82 Å². The second-order valence-corrected chi connectivity index (χ2v) is 3.40. The van der Waals surface area contributed by atoms with Crippen LogP contribution in [0, 0.1) is 5.82 Å². The number of hydrogen-bond donors (Lipinski definition) is 2. The highest BCUT2D eigenvalue weighted by molar-refractivity contribution is 5.55. The highest BCUT2D eigenvalue weighted by atomic mass is 19.1. The van der Waals surface area contributed by atoms with E-state index in [1.54, 1.807) is 12.1 Å². The Morgan fingerprint density at radius 2 is 2.00 bits per heavy atom. The Morgan fingerprint density at radius 3 is 2.57 bits per heavy atom. The van der Waals surface area contributed by atoms with E-state index in [4.69, 9.17) is 5.73 Å². The fraction of sp³-hybridized carbons (Fsp3) is 0.455. The molecule has 1 rings (SSSR count). The van der Waals surface area contributed by atoms with Crippen molar-refractivity contribution in [2.45, 2.75) is 32.7 Å². The fourth-order valence-electron chi connectivity index (χ4n) is 1.37. The Labute approximate surface area is 84.3 Å². The normalized spacial score (nSPS) is 10.6. The molecular weight excluding hydrogens is 179 g/mol. The van der Waals surface area contributed by atoms with Gasteiger partial charge in [0.25, 0.3) is 0 Å². The van der Waals surface area contributed by atoms with Crippen molar-refractivity contribution in [1.29, 1.82) is 0 Å². The van der Waals surface area contributed by atoms with Gasteiger partial charge >= 0.3 is 0 Å². The van der Waals surface area contributed by atoms with E-state index in [1.165, 1.54) is 6.07 Å². The molecule has 78 valence electrons. The van der Waals surface area contributed by atoms with Crippen LogP contribution in [0.3, 0.4) is 0 Å². The molecule has 0 heterocycles. The molecule has 0 fully saturated rings. The lowest BCUT2D eigenvalue weighted by molar-refractivity contribution is 0.616. The molecule has 0 aliphatic carbocycles. The molecule has 0 saturated carbocycles. The zero-order valence-corrected chi connectivity index (χ0v) is 8.68. The first-order chi connectivity index (χ1) is 6.67. The molecule has 1 aromatic carbocycles. The molecule has 0 saturated heterocycles. The lowest BCUT2D eigenvalue weighted by atomic mass is 10.1. The van der Waals surface area contributed by atoms with E-state index < -0.39 is 0 Å². The van der Waals surface area contributed by atoms with Crippen LogP contribution in [0.5, 0.6) is 0 Å². The lowest BCUT2D eigenvalue weighted by Crippen LogP contribution is -2.17. The quantitative estimate of drug-likeness (QED) is 0.726. The maximum atomic E-state index is 13.3. The van der Waals surface area contributed by atoms with Gasteiger partial charge in [-0.25, -0.2) is 4.39 Å². The molecule has 3 heteroatoms. The predicted octanol–water partition coefficient (Wildman–Crippen LogP) is 3.01. The predicted molar refractivity (Wildman–Crippen MR) is 58.8 cm³/mol. The molecule has 0 unspecified atom stereocenters. The summed E-state index contributed by atoms with van der Waals surface area (Å²) in [5, 5.41) is 3.13. The number of nitrogens with one attached hydrogen (secondary N) is 1. The molecule has 3 N–H and O–H groups in total. The van der Waals surface area contributed by atoms with Crippen LogP contribution in [0.4, 0.5) is 15.8 Å². The minimum Gasteiger partial charge on any atom is -0.399 e. The number of nitrogen functional groups attached to an aromatic ring is 1. The lowest BCUT2D eigenvalue weighted by Gasteiger charge is -2.16. The molecule has 2 nitrogen and oxygen atoms in total. The van der Waals surface area contributed by atoms with Crippen molar-refractivity contribution in [1.82, 2.24) is 0 Å². The van der Waals surface area contributed by atoms with E-state index >= 15 is 0 Å². The van der Waals surface area contributed by atoms with E-state index in [2.05, 4.69) is 19.2 Å². The Hall–Kier alpha value is -1.25. The second kappa shape index (κ2) is 4.84. The van der Waals surface area contributed by atoms with Crippen LogP contribution in [-0.4, -0.2) is 6.04 Å². The third-order valence-corrected chi connectivity index (χ3v) is 2.34. The maximum absolute atomic E-state index is 13.3. The molecular formula is C11H17FN2. The van der Waals surface area contributed by atoms with Crippen LogP contribution in [0.2, 0.25) is 0 Å². The minimum absolute atomic E-state index is 0.244. The molecule has 0 radical (unpaired) electrons. The van der Waals surface area contributed by atoms with Gasteiger partial charge in [0.1, 0.15) is 5.82 Å². The molecule has 0 aliphatic heterocycles. The van der Waals surface area contributed by atoms with Crippen molar-refractivity contribution in [3.05, 3.63) is 24.0 Å². The Kier molecular flexibility index (Phi) is 3.74. The van der Waals surface area contributed by atoms with Crippen LogP contribution < -0.4 is 11.1 Å². The van der Waals surface area contributed by atoms with Gasteiger partial charge in [0.15, 0.2) is 0 Å². The van der Waals surface area contributed by atoms with E-state index in [0.717, 1.165) is 12.8 Å². The number of nitrogens with two attached hydrogens (primary N) is 1. The molecule has 14 heavy (non-hydrogen) atoms. The first kappa shape index (κ1) is 10.8. The molecule has 0 bridgehead atoms. The Balaban J connectivity index is 2.79. The summed E-state index contributed by atoms with van der Waals surface area (Å²) in [4.78, 5) is 0. The van der Waals surface area contributed by atoms with Gasteiger partial charge < -0.3 is 11.1 Å². The first-order valence-corrected chi connectivity index (χ1v) is 4.99. The summed E-state index contributed by atoms with van der Waals surface area (Å²) >= 11 is 0. The highest BCUT2D eigenvalue weighted by Gasteiger charge is 2.07. The fourth-order valence-corrected chi connectivity index (χ4v) is 1.37. The number of rotatable bonds is 4. The van der Waals surface area contributed by atoms with Crippen LogP contribution in [-0.2, 0) is 0 Å². The maximum Gasteiger partial charge on any atom is 0.146 e. The molecule has 0 amide bonds. The van der Waals surface area contributed by atoms with Crippen molar-refractivity contribution in [2.75, 3.05) is 11.1 Å². The summed E-state index contributed by atoms with van der Waals surface area (Å²) in [6.07, 6.45) is 1.95. The SMILES string of the molecule is CCC(CC)Nc1cc(N)ccc1F. The molecule has 0 aliphatic rings. The smallest absolute Gasteiger partial charge is 0.146 e. The number of anilines is 2. The van der Waals surface area contributed by atoms with Gasteiger partial charge in [0, 0.05) is 11.7 Å². The third kappa shape index (κ3) is 2.62. The monoisotopic (exact) mass is 196 g/mol. The van der Waals surface area contributed by atoms with Gasteiger partial charge in [-0.05, 0) is 31.0 Å². The van der Waals surface area contributed by atoms with Gasteiger partial charge in [-0.15, -0.1) is 0 Å². The van der Waals surface area contributed by atoms with Gasteiger partial charge in [0.2, 0.25) is 0 Å². The van der Waals surface area contributed by atoms with Gasteiger partial charge in [0.05, 0.1) is 5.69 Å². The van der Waals surface area contributed by atoms with Gasteiger partial charge in [-0.2, -0.15) is 0 Å². The number of hydrogen-bond acceptors (Lipinski definition) is 2. The average Bonchev–Trinajstić information content (AvgIpc) is 2.19. The highest BCUT2D eigenvalue weighted by Crippen LogP contribution is 2.19. The summed E-state index contributed by atoms with van der Waals surface area (Å²) in [7, 11) is 0. The number of benzene rings is 1. The van der Waals surface area contributed by atoms with Crippen LogP contribution in [0.25, 0.3) is 0 Å². The molecule has 1 aromatic rings. The van der Waals surface area contributed by atoms with Crippen LogP contribution in [0.15, 0.2) is 18.2 Å². The first-order valence-electron chi connectivity index (χ1n) is 4.99. The third-order valence-electron chi connectivity index (χ3n) is 2.34. The largest absolute Gasteiger partial charge is 0.399 e. The van der Waals surface area contributed by atoms with E-state index in [9.17, 15) is 4.39 Å².